The number of H-pyrrole nitrogens is 1. The fraction of sp³-hybridized carbons (Fsp3) is 0.182. The molecule has 0 unspecified atom stereocenters. The summed E-state index contributed by atoms with van der Waals surface area (Å²) in [5.74, 6) is -0.895. The van der Waals surface area contributed by atoms with Crippen LogP contribution in [-0.4, -0.2) is 27.5 Å². The number of halogens is 1. The van der Waals surface area contributed by atoms with E-state index in [1.54, 1.807) is 6.92 Å². The highest BCUT2D eigenvalue weighted by Crippen LogP contribution is 2.27. The fourth-order valence-corrected chi connectivity index (χ4v) is 1.81. The molecule has 2 rings (SSSR count). The maximum Gasteiger partial charge on any atom is 0.362 e. The molecule has 0 bridgehead atoms. The number of aromatic amines is 1. The van der Waals surface area contributed by atoms with Gasteiger partial charge in [0.2, 0.25) is 5.69 Å². The minimum atomic E-state index is -0.895. The van der Waals surface area contributed by atoms with E-state index in [4.69, 9.17) is 11.6 Å². The Kier molecular flexibility index (Phi) is 3.66. The van der Waals surface area contributed by atoms with Crippen LogP contribution >= 0.6 is 11.6 Å². The normalized spacial score (nSPS) is 10.5. The molecule has 0 radical (unpaired) electrons. The fourth-order valence-electron chi connectivity index (χ4n) is 1.57. The number of aromatic nitrogens is 2. The molecule has 2 aromatic rings. The Hall–Kier alpha value is -2.48. The van der Waals surface area contributed by atoms with Crippen molar-refractivity contribution in [1.29, 1.82) is 0 Å². The SMILES string of the molecule is CCOC(=O)c1nc2cc([N+](=O)[O-])c(Cl)cc2[nH]c1=O. The Labute approximate surface area is 116 Å². The number of fused-ring (bicyclic) bond motifs is 1. The first-order valence-corrected chi connectivity index (χ1v) is 5.87. The molecule has 104 valence electrons. The van der Waals surface area contributed by atoms with Gasteiger partial charge >= 0.3 is 5.97 Å². The lowest BCUT2D eigenvalue weighted by molar-refractivity contribution is -0.384. The first kappa shape index (κ1) is 13.9. The Balaban J connectivity index is 2.68. The van der Waals surface area contributed by atoms with Gasteiger partial charge in [0, 0.05) is 6.07 Å². The van der Waals surface area contributed by atoms with Gasteiger partial charge in [-0.25, -0.2) is 9.78 Å². The van der Waals surface area contributed by atoms with Crippen molar-refractivity contribution in [2.24, 2.45) is 0 Å². The van der Waals surface area contributed by atoms with Crippen LogP contribution in [0, 0.1) is 10.1 Å². The quantitative estimate of drug-likeness (QED) is 0.523. The Morgan fingerprint density at radius 2 is 2.25 bits per heavy atom. The molecule has 9 heteroatoms. The third-order valence-electron chi connectivity index (χ3n) is 2.43. The second-order valence-corrected chi connectivity index (χ2v) is 4.12. The Morgan fingerprint density at radius 1 is 1.55 bits per heavy atom. The number of nitro benzene ring substituents is 1. The van der Waals surface area contributed by atoms with Gasteiger partial charge in [-0.3, -0.25) is 14.9 Å². The summed E-state index contributed by atoms with van der Waals surface area (Å²) in [6.07, 6.45) is 0. The minimum absolute atomic E-state index is 0.0729. The molecular formula is C11H8ClN3O5. The highest BCUT2D eigenvalue weighted by atomic mass is 35.5. The summed E-state index contributed by atoms with van der Waals surface area (Å²) in [4.78, 5) is 39.5. The van der Waals surface area contributed by atoms with E-state index < -0.39 is 22.1 Å². The van der Waals surface area contributed by atoms with E-state index >= 15 is 0 Å². The molecule has 0 saturated carbocycles. The number of esters is 1. The number of hydrogen-bond acceptors (Lipinski definition) is 6. The van der Waals surface area contributed by atoms with Crippen LogP contribution in [0.5, 0.6) is 0 Å². The van der Waals surface area contributed by atoms with E-state index in [2.05, 4.69) is 14.7 Å². The zero-order valence-corrected chi connectivity index (χ0v) is 10.9. The number of nitro groups is 1. The number of ether oxygens (including phenoxy) is 1. The third kappa shape index (κ3) is 2.45. The van der Waals surface area contributed by atoms with E-state index in [1.165, 1.54) is 6.07 Å². The van der Waals surface area contributed by atoms with E-state index in [9.17, 15) is 19.7 Å². The predicted molar refractivity (Wildman–Crippen MR) is 70.0 cm³/mol. The molecule has 0 atom stereocenters. The minimum Gasteiger partial charge on any atom is -0.461 e. The predicted octanol–water partition coefficient (Wildman–Crippen LogP) is 1.66. The summed E-state index contributed by atoms with van der Waals surface area (Å²) in [5.41, 5.74) is -1.31. The van der Waals surface area contributed by atoms with Gasteiger partial charge in [0.05, 0.1) is 22.6 Å². The van der Waals surface area contributed by atoms with Crippen LogP contribution in [0.1, 0.15) is 17.4 Å². The third-order valence-corrected chi connectivity index (χ3v) is 2.73. The van der Waals surface area contributed by atoms with Crippen molar-refractivity contribution in [2.75, 3.05) is 6.61 Å². The summed E-state index contributed by atoms with van der Waals surface area (Å²) >= 11 is 5.72. The molecule has 0 aliphatic heterocycles. The number of benzene rings is 1. The van der Waals surface area contributed by atoms with Crippen molar-refractivity contribution >= 4 is 34.3 Å². The second kappa shape index (κ2) is 5.25. The lowest BCUT2D eigenvalue weighted by Gasteiger charge is -2.03. The van der Waals surface area contributed by atoms with Gasteiger partial charge in [0.25, 0.3) is 11.2 Å². The van der Waals surface area contributed by atoms with Gasteiger partial charge in [-0.05, 0) is 13.0 Å². The zero-order valence-electron chi connectivity index (χ0n) is 10.2. The first-order chi connectivity index (χ1) is 9.43. The molecule has 1 aromatic carbocycles. The maximum atomic E-state index is 11.7. The molecule has 0 amide bonds. The Morgan fingerprint density at radius 3 is 2.85 bits per heavy atom. The number of nitrogens with one attached hydrogen (secondary N) is 1. The maximum absolute atomic E-state index is 11.7. The molecule has 0 saturated heterocycles. The van der Waals surface area contributed by atoms with Gasteiger partial charge in [-0.2, -0.15) is 0 Å². The molecule has 0 fully saturated rings. The summed E-state index contributed by atoms with van der Waals surface area (Å²) < 4.78 is 4.68. The number of rotatable bonds is 3. The molecule has 0 aliphatic rings. The van der Waals surface area contributed by atoms with Crippen LogP contribution in [0.25, 0.3) is 11.0 Å². The zero-order chi connectivity index (χ0) is 14.9. The van der Waals surface area contributed by atoms with Crippen molar-refractivity contribution < 1.29 is 14.5 Å². The molecule has 1 heterocycles. The van der Waals surface area contributed by atoms with E-state index in [1.807, 2.05) is 0 Å². The van der Waals surface area contributed by atoms with Crippen LogP contribution in [0.2, 0.25) is 5.02 Å². The van der Waals surface area contributed by atoms with Gasteiger partial charge in [0.1, 0.15) is 5.02 Å². The van der Waals surface area contributed by atoms with E-state index in [-0.39, 0.29) is 28.4 Å². The molecule has 1 N–H and O–H groups in total. The average molecular weight is 298 g/mol. The monoisotopic (exact) mass is 297 g/mol. The van der Waals surface area contributed by atoms with Gasteiger partial charge in [0.15, 0.2) is 0 Å². The largest absolute Gasteiger partial charge is 0.461 e. The lowest BCUT2D eigenvalue weighted by atomic mass is 10.2. The molecule has 8 nitrogen and oxygen atoms in total. The summed E-state index contributed by atoms with van der Waals surface area (Å²) in [6, 6.07) is 2.29. The van der Waals surface area contributed by atoms with Crippen molar-refractivity contribution in [2.45, 2.75) is 6.92 Å². The first-order valence-electron chi connectivity index (χ1n) is 5.49. The van der Waals surface area contributed by atoms with Crippen molar-refractivity contribution in [3.63, 3.8) is 0 Å². The van der Waals surface area contributed by atoms with Crippen molar-refractivity contribution in [3.8, 4) is 0 Å². The Bertz CT molecular complexity index is 770. The number of carbonyl (C=O) groups excluding carboxylic acids is 1. The van der Waals surface area contributed by atoms with Crippen LogP contribution < -0.4 is 5.56 Å². The van der Waals surface area contributed by atoms with Gasteiger partial charge in [-0.1, -0.05) is 11.6 Å². The van der Waals surface area contributed by atoms with Crippen LogP contribution in [0.15, 0.2) is 16.9 Å². The van der Waals surface area contributed by atoms with Crippen LogP contribution in [0.3, 0.4) is 0 Å². The average Bonchev–Trinajstić information content (AvgIpc) is 2.37. The molecule has 20 heavy (non-hydrogen) atoms. The number of nitrogens with zero attached hydrogens (tertiary/aromatic N) is 2. The highest BCUT2D eigenvalue weighted by Gasteiger charge is 2.19. The topological polar surface area (TPSA) is 115 Å². The number of hydrogen-bond donors (Lipinski definition) is 1. The highest BCUT2D eigenvalue weighted by molar-refractivity contribution is 6.33. The second-order valence-electron chi connectivity index (χ2n) is 3.71. The summed E-state index contributed by atoms with van der Waals surface area (Å²) in [7, 11) is 0. The van der Waals surface area contributed by atoms with Crippen molar-refractivity contribution in [3.05, 3.63) is 43.3 Å². The van der Waals surface area contributed by atoms with E-state index in [0.29, 0.717) is 0 Å². The van der Waals surface area contributed by atoms with Crippen molar-refractivity contribution in [1.82, 2.24) is 9.97 Å². The van der Waals surface area contributed by atoms with Crippen LogP contribution in [-0.2, 0) is 4.74 Å². The lowest BCUT2D eigenvalue weighted by Crippen LogP contribution is -2.22. The van der Waals surface area contributed by atoms with E-state index in [0.717, 1.165) is 6.07 Å². The molecule has 0 aliphatic carbocycles. The van der Waals surface area contributed by atoms with Gasteiger partial charge in [-0.15, -0.1) is 0 Å². The summed E-state index contributed by atoms with van der Waals surface area (Å²) in [6.45, 7) is 1.66. The smallest absolute Gasteiger partial charge is 0.362 e. The van der Waals surface area contributed by atoms with Gasteiger partial charge < -0.3 is 9.72 Å². The molecule has 1 aromatic heterocycles. The molecule has 0 spiro atoms. The standard InChI is InChI=1S/C11H8ClN3O5/c1-2-20-11(17)9-10(16)14-6-3-5(12)8(15(18)19)4-7(6)13-9/h3-4H,2H2,1H3,(H,14,16). The summed E-state index contributed by atoms with van der Waals surface area (Å²) in [5, 5.41) is 10.6. The van der Waals surface area contributed by atoms with Crippen LogP contribution in [0.4, 0.5) is 5.69 Å². The number of carbonyl (C=O) groups is 1. The molecular weight excluding hydrogens is 290 g/mol.